The minimum absolute atomic E-state index is 0.0177. The quantitative estimate of drug-likeness (QED) is 0.847. The summed E-state index contributed by atoms with van der Waals surface area (Å²) in [6.07, 6.45) is 3.89. The summed E-state index contributed by atoms with van der Waals surface area (Å²) in [4.78, 5) is 11.7. The van der Waals surface area contributed by atoms with E-state index >= 15 is 0 Å². The topological polar surface area (TPSA) is 86.5 Å². The Labute approximate surface area is 104 Å². The van der Waals surface area contributed by atoms with Gasteiger partial charge in [0, 0.05) is 5.38 Å². The lowest BCUT2D eigenvalue weighted by Crippen LogP contribution is -2.14. The molecular formula is C10H13NO4S2. The molecule has 0 aromatic carbocycles. The third-order valence-electron chi connectivity index (χ3n) is 2.67. The SMILES string of the molecule is NS(=O)(=O)c1cc(C(=O)OC2CCCC2)cs1. The molecular weight excluding hydrogens is 262 g/mol. The standard InChI is InChI=1S/C10H13NO4S2/c11-17(13,14)9-5-7(6-16-9)10(12)15-8-3-1-2-4-8/h5-6,8H,1-4H2,(H2,11,13,14). The van der Waals surface area contributed by atoms with Gasteiger partial charge in [-0.2, -0.15) is 0 Å². The number of rotatable bonds is 3. The van der Waals surface area contributed by atoms with E-state index < -0.39 is 16.0 Å². The number of sulfonamides is 1. The lowest BCUT2D eigenvalue weighted by atomic mass is 10.3. The van der Waals surface area contributed by atoms with E-state index in [2.05, 4.69) is 0 Å². The highest BCUT2D eigenvalue weighted by atomic mass is 32.2. The number of thiophene rings is 1. The van der Waals surface area contributed by atoms with E-state index in [1.165, 1.54) is 11.4 Å². The van der Waals surface area contributed by atoms with Crippen molar-refractivity contribution in [3.8, 4) is 0 Å². The first kappa shape index (κ1) is 12.5. The van der Waals surface area contributed by atoms with Crippen molar-refractivity contribution in [2.75, 3.05) is 0 Å². The average Bonchev–Trinajstić information content (AvgIpc) is 2.85. The maximum Gasteiger partial charge on any atom is 0.339 e. The number of hydrogen-bond acceptors (Lipinski definition) is 5. The molecule has 1 heterocycles. The monoisotopic (exact) mass is 275 g/mol. The van der Waals surface area contributed by atoms with Crippen LogP contribution in [0.3, 0.4) is 0 Å². The van der Waals surface area contributed by atoms with Crippen LogP contribution in [0, 0.1) is 0 Å². The van der Waals surface area contributed by atoms with Crippen LogP contribution in [-0.2, 0) is 14.8 Å². The maximum atomic E-state index is 11.7. The Bertz CT molecular complexity index is 514. The van der Waals surface area contributed by atoms with Gasteiger partial charge in [0.2, 0.25) is 10.0 Å². The number of primary sulfonamides is 1. The second-order valence-electron chi connectivity index (χ2n) is 4.01. The van der Waals surface area contributed by atoms with Crippen LogP contribution >= 0.6 is 11.3 Å². The molecule has 0 unspecified atom stereocenters. The van der Waals surface area contributed by atoms with Gasteiger partial charge < -0.3 is 4.74 Å². The molecule has 5 nitrogen and oxygen atoms in total. The highest BCUT2D eigenvalue weighted by Crippen LogP contribution is 2.24. The van der Waals surface area contributed by atoms with Gasteiger partial charge in [-0.15, -0.1) is 11.3 Å². The van der Waals surface area contributed by atoms with Gasteiger partial charge in [0.15, 0.2) is 0 Å². The predicted molar refractivity (Wildman–Crippen MR) is 63.4 cm³/mol. The number of esters is 1. The number of hydrogen-bond donors (Lipinski definition) is 1. The Balaban J connectivity index is 2.07. The zero-order chi connectivity index (χ0) is 12.5. The predicted octanol–water partition coefficient (Wildman–Crippen LogP) is 1.49. The minimum atomic E-state index is -3.73. The van der Waals surface area contributed by atoms with Gasteiger partial charge in [-0.3, -0.25) is 0 Å². The summed E-state index contributed by atoms with van der Waals surface area (Å²) < 4.78 is 27.3. The van der Waals surface area contributed by atoms with Crippen LogP contribution < -0.4 is 5.14 Å². The molecule has 1 aliphatic carbocycles. The summed E-state index contributed by atoms with van der Waals surface area (Å²) in [6.45, 7) is 0. The molecule has 0 spiro atoms. The van der Waals surface area contributed by atoms with Crippen molar-refractivity contribution in [2.24, 2.45) is 5.14 Å². The molecule has 0 saturated heterocycles. The first-order chi connectivity index (χ1) is 7.97. The van der Waals surface area contributed by atoms with E-state index in [1.807, 2.05) is 0 Å². The van der Waals surface area contributed by atoms with Crippen molar-refractivity contribution in [2.45, 2.75) is 36.0 Å². The first-order valence-corrected chi connectivity index (χ1v) is 7.72. The highest BCUT2D eigenvalue weighted by molar-refractivity contribution is 7.91. The zero-order valence-corrected chi connectivity index (χ0v) is 10.7. The van der Waals surface area contributed by atoms with Crippen LogP contribution in [0.15, 0.2) is 15.7 Å². The van der Waals surface area contributed by atoms with Gasteiger partial charge in [0.1, 0.15) is 10.3 Å². The Morgan fingerprint density at radius 1 is 1.41 bits per heavy atom. The van der Waals surface area contributed by atoms with E-state index in [-0.39, 0.29) is 15.9 Å². The Kier molecular flexibility index (Phi) is 3.50. The number of carbonyl (C=O) groups is 1. The molecule has 1 aliphatic rings. The lowest BCUT2D eigenvalue weighted by Gasteiger charge is -2.09. The highest BCUT2D eigenvalue weighted by Gasteiger charge is 2.22. The normalized spacial score (nSPS) is 17.2. The Morgan fingerprint density at radius 3 is 2.59 bits per heavy atom. The molecule has 2 N–H and O–H groups in total. The van der Waals surface area contributed by atoms with Crippen molar-refractivity contribution >= 4 is 27.3 Å². The van der Waals surface area contributed by atoms with E-state index in [1.54, 1.807) is 0 Å². The van der Waals surface area contributed by atoms with Crippen LogP contribution in [-0.4, -0.2) is 20.5 Å². The molecule has 1 aromatic rings. The summed E-state index contributed by atoms with van der Waals surface area (Å²) in [5, 5.41) is 6.42. The van der Waals surface area contributed by atoms with Gasteiger partial charge in [-0.1, -0.05) is 0 Å². The molecule has 0 radical (unpaired) electrons. The summed E-state index contributed by atoms with van der Waals surface area (Å²) in [5.41, 5.74) is 0.255. The van der Waals surface area contributed by atoms with Crippen molar-refractivity contribution in [1.29, 1.82) is 0 Å². The summed E-state index contributed by atoms with van der Waals surface area (Å²) in [7, 11) is -3.73. The first-order valence-electron chi connectivity index (χ1n) is 5.29. The minimum Gasteiger partial charge on any atom is -0.459 e. The van der Waals surface area contributed by atoms with Crippen molar-refractivity contribution in [3.05, 3.63) is 17.0 Å². The van der Waals surface area contributed by atoms with Crippen LogP contribution in [0.5, 0.6) is 0 Å². The molecule has 1 aromatic heterocycles. The number of nitrogens with two attached hydrogens (primary N) is 1. The third-order valence-corrected chi connectivity index (χ3v) is 5.05. The van der Waals surface area contributed by atoms with Gasteiger partial charge in [-0.05, 0) is 31.7 Å². The van der Waals surface area contributed by atoms with Crippen LogP contribution in [0.2, 0.25) is 0 Å². The van der Waals surface area contributed by atoms with Crippen LogP contribution in [0.4, 0.5) is 0 Å². The van der Waals surface area contributed by atoms with Crippen molar-refractivity contribution < 1.29 is 17.9 Å². The maximum absolute atomic E-state index is 11.7. The molecule has 0 amide bonds. The second kappa shape index (κ2) is 4.75. The number of carbonyl (C=O) groups excluding carboxylic acids is 1. The molecule has 7 heteroatoms. The summed E-state index contributed by atoms with van der Waals surface area (Å²) in [5.74, 6) is -0.469. The van der Waals surface area contributed by atoms with Crippen molar-refractivity contribution in [1.82, 2.24) is 0 Å². The second-order valence-corrected chi connectivity index (χ2v) is 6.71. The molecule has 1 fully saturated rings. The molecule has 0 bridgehead atoms. The average molecular weight is 275 g/mol. The smallest absolute Gasteiger partial charge is 0.339 e. The number of ether oxygens (including phenoxy) is 1. The Hall–Kier alpha value is -0.920. The fraction of sp³-hybridized carbons (Fsp3) is 0.500. The molecule has 0 aliphatic heterocycles. The van der Waals surface area contributed by atoms with Crippen LogP contribution in [0.1, 0.15) is 36.0 Å². The van der Waals surface area contributed by atoms with E-state index in [0.717, 1.165) is 37.0 Å². The largest absolute Gasteiger partial charge is 0.459 e. The van der Waals surface area contributed by atoms with Gasteiger partial charge >= 0.3 is 5.97 Å². The van der Waals surface area contributed by atoms with Crippen molar-refractivity contribution in [3.63, 3.8) is 0 Å². The molecule has 2 rings (SSSR count). The summed E-state index contributed by atoms with van der Waals surface area (Å²) >= 11 is 0.929. The fourth-order valence-electron chi connectivity index (χ4n) is 1.80. The van der Waals surface area contributed by atoms with Gasteiger partial charge in [0.25, 0.3) is 0 Å². The van der Waals surface area contributed by atoms with Gasteiger partial charge in [0.05, 0.1) is 5.56 Å². The summed E-state index contributed by atoms with van der Waals surface area (Å²) in [6, 6.07) is 1.26. The molecule has 1 saturated carbocycles. The van der Waals surface area contributed by atoms with E-state index in [9.17, 15) is 13.2 Å². The van der Waals surface area contributed by atoms with E-state index in [0.29, 0.717) is 0 Å². The molecule has 94 valence electrons. The third kappa shape index (κ3) is 3.05. The van der Waals surface area contributed by atoms with E-state index in [4.69, 9.17) is 9.88 Å². The lowest BCUT2D eigenvalue weighted by molar-refractivity contribution is 0.0318. The van der Waals surface area contributed by atoms with Crippen LogP contribution in [0.25, 0.3) is 0 Å². The zero-order valence-electron chi connectivity index (χ0n) is 9.09. The van der Waals surface area contributed by atoms with Gasteiger partial charge in [-0.25, -0.2) is 18.4 Å². The Morgan fingerprint density at radius 2 is 2.06 bits per heavy atom. The fourth-order valence-corrected chi connectivity index (χ4v) is 3.37. The molecule has 0 atom stereocenters. The molecule has 17 heavy (non-hydrogen) atoms.